The zero-order valence-corrected chi connectivity index (χ0v) is 18.5. The number of nitriles is 1. The molecule has 172 valence electrons. The standard InChI is InChI=1S/C25H27FN4O3/c26-20-14-18(16-27)3-5-22(20)29-10-8-28(9-11-29)17-25(31)30-7-1-2-21(30)19-4-6-23-24(15-19)33-13-12-32-23/h3-6,14-15,21H,1-2,7-13,17H2. The van der Waals surface area contributed by atoms with Crippen LogP contribution in [0.2, 0.25) is 0 Å². The van der Waals surface area contributed by atoms with Crippen LogP contribution in [-0.4, -0.2) is 68.2 Å². The molecule has 7 nitrogen and oxygen atoms in total. The Balaban J connectivity index is 1.19. The number of ether oxygens (including phenoxy) is 2. The molecule has 0 spiro atoms. The maximum atomic E-state index is 14.4. The molecule has 2 fully saturated rings. The Kier molecular flexibility index (Phi) is 6.05. The predicted molar refractivity (Wildman–Crippen MR) is 121 cm³/mol. The van der Waals surface area contributed by atoms with Crippen LogP contribution < -0.4 is 14.4 Å². The summed E-state index contributed by atoms with van der Waals surface area (Å²) in [6.45, 7) is 4.89. The second-order valence-corrected chi connectivity index (χ2v) is 8.69. The molecule has 0 radical (unpaired) electrons. The van der Waals surface area contributed by atoms with Crippen molar-refractivity contribution in [2.45, 2.75) is 18.9 Å². The molecule has 0 aromatic heterocycles. The molecule has 1 amide bonds. The van der Waals surface area contributed by atoms with E-state index in [1.807, 2.05) is 34.1 Å². The van der Waals surface area contributed by atoms with Crippen molar-refractivity contribution >= 4 is 11.6 Å². The molecular formula is C25H27FN4O3. The lowest BCUT2D eigenvalue weighted by molar-refractivity contribution is -0.133. The van der Waals surface area contributed by atoms with Gasteiger partial charge < -0.3 is 19.3 Å². The van der Waals surface area contributed by atoms with Crippen LogP contribution in [0.3, 0.4) is 0 Å². The molecular weight excluding hydrogens is 423 g/mol. The first-order chi connectivity index (χ1) is 16.1. The number of amides is 1. The van der Waals surface area contributed by atoms with Crippen LogP contribution in [0.4, 0.5) is 10.1 Å². The van der Waals surface area contributed by atoms with Gasteiger partial charge in [-0.05, 0) is 48.7 Å². The smallest absolute Gasteiger partial charge is 0.237 e. The summed E-state index contributed by atoms with van der Waals surface area (Å²) < 4.78 is 25.7. The molecule has 3 aliphatic heterocycles. The fourth-order valence-electron chi connectivity index (χ4n) is 4.94. The van der Waals surface area contributed by atoms with Gasteiger partial charge in [0.25, 0.3) is 0 Å². The molecule has 1 atom stereocenters. The van der Waals surface area contributed by atoms with E-state index in [2.05, 4.69) is 4.90 Å². The van der Waals surface area contributed by atoms with Crippen LogP contribution >= 0.6 is 0 Å². The molecule has 1 unspecified atom stereocenters. The summed E-state index contributed by atoms with van der Waals surface area (Å²) in [6.07, 6.45) is 1.92. The Morgan fingerprint density at radius 2 is 1.82 bits per heavy atom. The lowest BCUT2D eigenvalue weighted by Crippen LogP contribution is -2.50. The SMILES string of the molecule is N#Cc1ccc(N2CCN(CC(=O)N3CCCC3c3ccc4c(c3)OCCO4)CC2)c(F)c1. The lowest BCUT2D eigenvalue weighted by Gasteiger charge is -2.37. The number of hydrogen-bond donors (Lipinski definition) is 0. The van der Waals surface area contributed by atoms with Crippen molar-refractivity contribution in [3.8, 4) is 17.6 Å². The third-order valence-corrected chi connectivity index (χ3v) is 6.67. The Labute approximate surface area is 192 Å². The Morgan fingerprint density at radius 1 is 1.03 bits per heavy atom. The Hall–Kier alpha value is -3.31. The average molecular weight is 451 g/mol. The van der Waals surface area contributed by atoms with Crippen LogP contribution in [0, 0.1) is 17.1 Å². The molecule has 5 rings (SSSR count). The third-order valence-electron chi connectivity index (χ3n) is 6.67. The minimum absolute atomic E-state index is 0.0577. The highest BCUT2D eigenvalue weighted by Crippen LogP contribution is 2.38. The van der Waals surface area contributed by atoms with Gasteiger partial charge in [-0.2, -0.15) is 5.26 Å². The van der Waals surface area contributed by atoms with Crippen molar-refractivity contribution < 1.29 is 18.7 Å². The van der Waals surface area contributed by atoms with Gasteiger partial charge in [-0.25, -0.2) is 4.39 Å². The van der Waals surface area contributed by atoms with E-state index >= 15 is 0 Å². The highest BCUT2D eigenvalue weighted by Gasteiger charge is 2.32. The van der Waals surface area contributed by atoms with Crippen LogP contribution in [0.5, 0.6) is 11.5 Å². The van der Waals surface area contributed by atoms with Crippen molar-refractivity contribution in [1.82, 2.24) is 9.80 Å². The zero-order valence-electron chi connectivity index (χ0n) is 18.5. The van der Waals surface area contributed by atoms with Gasteiger partial charge in [-0.1, -0.05) is 6.07 Å². The molecule has 2 aromatic carbocycles. The van der Waals surface area contributed by atoms with Gasteiger partial charge in [-0.3, -0.25) is 9.69 Å². The molecule has 0 aliphatic carbocycles. The highest BCUT2D eigenvalue weighted by molar-refractivity contribution is 5.79. The van der Waals surface area contributed by atoms with Crippen molar-refractivity contribution in [3.63, 3.8) is 0 Å². The summed E-state index contributed by atoms with van der Waals surface area (Å²) in [5.41, 5.74) is 1.92. The highest BCUT2D eigenvalue weighted by atomic mass is 19.1. The second-order valence-electron chi connectivity index (χ2n) is 8.69. The topological polar surface area (TPSA) is 69.0 Å². The van der Waals surface area contributed by atoms with Gasteiger partial charge in [-0.15, -0.1) is 0 Å². The normalized spacial score (nSPS) is 20.5. The third kappa shape index (κ3) is 4.46. The lowest BCUT2D eigenvalue weighted by atomic mass is 10.0. The van der Waals surface area contributed by atoms with E-state index in [1.165, 1.54) is 6.07 Å². The Morgan fingerprint density at radius 3 is 2.58 bits per heavy atom. The number of carbonyl (C=O) groups excluding carboxylic acids is 1. The molecule has 3 heterocycles. The van der Waals surface area contributed by atoms with E-state index in [0.717, 1.165) is 36.4 Å². The molecule has 0 bridgehead atoms. The Bertz CT molecular complexity index is 1080. The van der Waals surface area contributed by atoms with Crippen LogP contribution in [0.25, 0.3) is 0 Å². The molecule has 33 heavy (non-hydrogen) atoms. The number of nitrogens with zero attached hydrogens (tertiary/aromatic N) is 4. The number of likely N-dealkylation sites (tertiary alicyclic amines) is 1. The number of piperazine rings is 1. The van der Waals surface area contributed by atoms with E-state index in [-0.39, 0.29) is 17.8 Å². The summed E-state index contributed by atoms with van der Waals surface area (Å²) in [5.74, 6) is 1.27. The van der Waals surface area contributed by atoms with Crippen LogP contribution in [0.1, 0.15) is 30.0 Å². The number of hydrogen-bond acceptors (Lipinski definition) is 6. The minimum atomic E-state index is -0.377. The van der Waals surface area contributed by atoms with E-state index in [1.54, 1.807) is 12.1 Å². The number of rotatable bonds is 4. The first kappa shape index (κ1) is 21.5. The number of fused-ring (bicyclic) bond motifs is 1. The zero-order chi connectivity index (χ0) is 22.8. The van der Waals surface area contributed by atoms with Crippen molar-refractivity contribution in [3.05, 3.63) is 53.3 Å². The molecule has 2 saturated heterocycles. The van der Waals surface area contributed by atoms with Crippen molar-refractivity contribution in [1.29, 1.82) is 5.26 Å². The van der Waals surface area contributed by atoms with Gasteiger partial charge >= 0.3 is 0 Å². The van der Waals surface area contributed by atoms with Crippen molar-refractivity contribution in [2.24, 2.45) is 0 Å². The van der Waals surface area contributed by atoms with Gasteiger partial charge in [0.1, 0.15) is 19.0 Å². The molecule has 2 aromatic rings. The molecule has 0 saturated carbocycles. The fraction of sp³-hybridized carbons (Fsp3) is 0.440. The summed E-state index contributed by atoms with van der Waals surface area (Å²) in [7, 11) is 0. The summed E-state index contributed by atoms with van der Waals surface area (Å²) >= 11 is 0. The number of anilines is 1. The number of halogens is 1. The largest absolute Gasteiger partial charge is 0.486 e. The second kappa shape index (κ2) is 9.28. The maximum absolute atomic E-state index is 14.4. The molecule has 3 aliphatic rings. The fourth-order valence-corrected chi connectivity index (χ4v) is 4.94. The van der Waals surface area contributed by atoms with Crippen LogP contribution in [-0.2, 0) is 4.79 Å². The van der Waals surface area contributed by atoms with Gasteiger partial charge in [0, 0.05) is 32.7 Å². The molecule has 0 N–H and O–H groups in total. The minimum Gasteiger partial charge on any atom is -0.486 e. The number of benzene rings is 2. The van der Waals surface area contributed by atoms with Gasteiger partial charge in [0.15, 0.2) is 11.5 Å². The molecule has 8 heteroatoms. The quantitative estimate of drug-likeness (QED) is 0.714. The summed E-state index contributed by atoms with van der Waals surface area (Å²) in [6, 6.07) is 12.6. The van der Waals surface area contributed by atoms with Crippen molar-refractivity contribution in [2.75, 3.05) is 57.4 Å². The number of carbonyl (C=O) groups is 1. The van der Waals surface area contributed by atoms with E-state index in [9.17, 15) is 9.18 Å². The van der Waals surface area contributed by atoms with E-state index in [0.29, 0.717) is 57.2 Å². The van der Waals surface area contributed by atoms with Gasteiger partial charge in [0.05, 0.1) is 29.9 Å². The maximum Gasteiger partial charge on any atom is 0.237 e. The first-order valence-electron chi connectivity index (χ1n) is 11.5. The van der Waals surface area contributed by atoms with Crippen LogP contribution in [0.15, 0.2) is 36.4 Å². The summed E-state index contributed by atoms with van der Waals surface area (Å²) in [5, 5.41) is 8.93. The predicted octanol–water partition coefficient (Wildman–Crippen LogP) is 2.95. The average Bonchev–Trinajstić information content (AvgIpc) is 3.34. The van der Waals surface area contributed by atoms with E-state index in [4.69, 9.17) is 14.7 Å². The van der Waals surface area contributed by atoms with Gasteiger partial charge in [0.2, 0.25) is 5.91 Å². The van der Waals surface area contributed by atoms with E-state index < -0.39 is 0 Å². The first-order valence-corrected chi connectivity index (χ1v) is 11.5. The monoisotopic (exact) mass is 450 g/mol. The summed E-state index contributed by atoms with van der Waals surface area (Å²) in [4.78, 5) is 19.3.